The molecular weight excluding hydrogens is 208 g/mol. The van der Waals surface area contributed by atoms with E-state index in [-0.39, 0.29) is 6.54 Å². The molecule has 78 valence electrons. The van der Waals surface area contributed by atoms with E-state index >= 15 is 0 Å². The zero-order valence-corrected chi connectivity index (χ0v) is 8.61. The zero-order chi connectivity index (χ0) is 10.6. The number of rotatable bonds is 4. The van der Waals surface area contributed by atoms with Crippen molar-refractivity contribution in [1.29, 1.82) is 0 Å². The van der Waals surface area contributed by atoms with Crippen molar-refractivity contribution < 1.29 is 8.78 Å². The highest BCUT2D eigenvalue weighted by Crippen LogP contribution is 2.18. The summed E-state index contributed by atoms with van der Waals surface area (Å²) in [6.07, 6.45) is -2.31. The average molecular weight is 220 g/mol. The molecular formula is C10H12ClF2N. The van der Waals surface area contributed by atoms with Crippen LogP contribution in [0.15, 0.2) is 18.2 Å². The zero-order valence-electron chi connectivity index (χ0n) is 7.86. The highest BCUT2D eigenvalue weighted by molar-refractivity contribution is 6.31. The van der Waals surface area contributed by atoms with Crippen molar-refractivity contribution in [2.45, 2.75) is 19.9 Å². The first-order valence-corrected chi connectivity index (χ1v) is 4.72. The van der Waals surface area contributed by atoms with Crippen molar-refractivity contribution in [3.63, 3.8) is 0 Å². The summed E-state index contributed by atoms with van der Waals surface area (Å²) in [7, 11) is 0. The van der Waals surface area contributed by atoms with E-state index in [1.54, 1.807) is 6.07 Å². The summed E-state index contributed by atoms with van der Waals surface area (Å²) in [6.45, 7) is 2.02. The minimum Gasteiger partial charge on any atom is -0.307 e. The normalized spacial score (nSPS) is 10.9. The molecule has 1 aromatic carbocycles. The van der Waals surface area contributed by atoms with Gasteiger partial charge >= 0.3 is 0 Å². The predicted molar refractivity (Wildman–Crippen MR) is 53.9 cm³/mol. The van der Waals surface area contributed by atoms with Gasteiger partial charge in [0.15, 0.2) is 0 Å². The van der Waals surface area contributed by atoms with Crippen LogP contribution in [0.3, 0.4) is 0 Å². The van der Waals surface area contributed by atoms with Gasteiger partial charge in [-0.2, -0.15) is 0 Å². The van der Waals surface area contributed by atoms with E-state index in [9.17, 15) is 8.78 Å². The van der Waals surface area contributed by atoms with Crippen LogP contribution in [-0.2, 0) is 6.54 Å². The first-order chi connectivity index (χ1) is 6.61. The lowest BCUT2D eigenvalue weighted by Gasteiger charge is -2.08. The first kappa shape index (κ1) is 11.4. The molecule has 0 heterocycles. The molecule has 0 aliphatic rings. The van der Waals surface area contributed by atoms with Crippen molar-refractivity contribution in [3.05, 3.63) is 34.3 Å². The topological polar surface area (TPSA) is 12.0 Å². The van der Waals surface area contributed by atoms with Crippen LogP contribution < -0.4 is 5.32 Å². The Labute approximate surface area is 87.1 Å². The Kier molecular flexibility index (Phi) is 4.29. The second kappa shape index (κ2) is 5.27. The largest absolute Gasteiger partial charge is 0.307 e. The Morgan fingerprint density at radius 1 is 1.43 bits per heavy atom. The molecule has 1 aromatic rings. The summed E-state index contributed by atoms with van der Waals surface area (Å²) >= 11 is 5.88. The van der Waals surface area contributed by atoms with E-state index in [1.807, 2.05) is 19.1 Å². The molecule has 0 radical (unpaired) electrons. The van der Waals surface area contributed by atoms with Gasteiger partial charge in [-0.25, -0.2) is 8.78 Å². The van der Waals surface area contributed by atoms with Gasteiger partial charge in [-0.05, 0) is 24.1 Å². The van der Waals surface area contributed by atoms with Crippen LogP contribution in [0.1, 0.15) is 11.1 Å². The van der Waals surface area contributed by atoms with E-state index in [1.165, 1.54) is 0 Å². The molecule has 1 rings (SSSR count). The van der Waals surface area contributed by atoms with E-state index in [4.69, 9.17) is 11.6 Å². The minimum absolute atomic E-state index is 0.286. The fourth-order valence-corrected chi connectivity index (χ4v) is 1.35. The fraction of sp³-hybridized carbons (Fsp3) is 0.400. The maximum Gasteiger partial charge on any atom is 0.250 e. The Morgan fingerprint density at radius 2 is 2.14 bits per heavy atom. The van der Waals surface area contributed by atoms with Crippen LogP contribution in [0.4, 0.5) is 8.78 Å². The Balaban J connectivity index is 2.54. The molecule has 0 aromatic heterocycles. The summed E-state index contributed by atoms with van der Waals surface area (Å²) in [6, 6.07) is 5.47. The van der Waals surface area contributed by atoms with Gasteiger partial charge < -0.3 is 5.32 Å². The predicted octanol–water partition coefficient (Wildman–Crippen LogP) is 3.00. The molecule has 14 heavy (non-hydrogen) atoms. The van der Waals surface area contributed by atoms with Crippen molar-refractivity contribution in [1.82, 2.24) is 5.32 Å². The number of hydrogen-bond donors (Lipinski definition) is 1. The monoisotopic (exact) mass is 219 g/mol. The van der Waals surface area contributed by atoms with E-state index in [0.717, 1.165) is 11.1 Å². The van der Waals surface area contributed by atoms with E-state index in [2.05, 4.69) is 5.32 Å². The molecule has 0 saturated heterocycles. The van der Waals surface area contributed by atoms with Crippen LogP contribution in [0.25, 0.3) is 0 Å². The van der Waals surface area contributed by atoms with Crippen molar-refractivity contribution >= 4 is 11.6 Å². The van der Waals surface area contributed by atoms with Crippen molar-refractivity contribution in [2.24, 2.45) is 0 Å². The molecule has 1 nitrogen and oxygen atoms in total. The molecule has 4 heteroatoms. The standard InChI is InChI=1S/C10H12ClF2N/c1-7-8(3-2-4-9(7)11)5-14-6-10(12)13/h2-4,10,14H,5-6H2,1H3. The lowest BCUT2D eigenvalue weighted by atomic mass is 10.1. The van der Waals surface area contributed by atoms with Crippen LogP contribution in [0.2, 0.25) is 5.02 Å². The van der Waals surface area contributed by atoms with Crippen molar-refractivity contribution in [2.75, 3.05) is 6.54 Å². The third-order valence-electron chi connectivity index (χ3n) is 1.99. The van der Waals surface area contributed by atoms with Crippen molar-refractivity contribution in [3.8, 4) is 0 Å². The summed E-state index contributed by atoms with van der Waals surface area (Å²) in [5.74, 6) is 0. The second-order valence-corrected chi connectivity index (χ2v) is 3.45. The van der Waals surface area contributed by atoms with Gasteiger partial charge in [0.05, 0.1) is 6.54 Å². The number of nitrogens with one attached hydrogen (secondary N) is 1. The average Bonchev–Trinajstić information content (AvgIpc) is 2.12. The number of halogens is 3. The first-order valence-electron chi connectivity index (χ1n) is 4.34. The van der Waals surface area contributed by atoms with Gasteiger partial charge in [-0.15, -0.1) is 0 Å². The maximum absolute atomic E-state index is 11.8. The molecule has 0 fully saturated rings. The van der Waals surface area contributed by atoms with Crippen LogP contribution >= 0.6 is 11.6 Å². The second-order valence-electron chi connectivity index (χ2n) is 3.05. The quantitative estimate of drug-likeness (QED) is 0.821. The van der Waals surface area contributed by atoms with E-state index in [0.29, 0.717) is 11.6 Å². The van der Waals surface area contributed by atoms with Gasteiger partial charge in [-0.1, -0.05) is 23.7 Å². The Bertz CT molecular complexity index is 302. The highest BCUT2D eigenvalue weighted by atomic mass is 35.5. The van der Waals surface area contributed by atoms with Crippen LogP contribution in [-0.4, -0.2) is 13.0 Å². The molecule has 0 bridgehead atoms. The smallest absolute Gasteiger partial charge is 0.250 e. The summed E-state index contributed by atoms with van der Waals surface area (Å²) in [5.41, 5.74) is 1.90. The van der Waals surface area contributed by atoms with Gasteiger partial charge in [0.2, 0.25) is 0 Å². The maximum atomic E-state index is 11.8. The molecule has 0 aliphatic heterocycles. The highest BCUT2D eigenvalue weighted by Gasteiger charge is 2.04. The molecule has 0 unspecified atom stereocenters. The summed E-state index contributed by atoms with van der Waals surface area (Å²) in [5, 5.41) is 3.33. The van der Waals surface area contributed by atoms with E-state index < -0.39 is 6.43 Å². The third-order valence-corrected chi connectivity index (χ3v) is 2.40. The SMILES string of the molecule is Cc1c(Cl)cccc1CNCC(F)F. The lowest BCUT2D eigenvalue weighted by Crippen LogP contribution is -2.21. The Hall–Kier alpha value is -0.670. The molecule has 0 aliphatic carbocycles. The van der Waals surface area contributed by atoms with Crippen LogP contribution in [0.5, 0.6) is 0 Å². The molecule has 0 amide bonds. The molecule has 0 spiro atoms. The van der Waals surface area contributed by atoms with Gasteiger partial charge in [-0.3, -0.25) is 0 Å². The Morgan fingerprint density at radius 3 is 2.79 bits per heavy atom. The van der Waals surface area contributed by atoms with Gasteiger partial charge in [0, 0.05) is 11.6 Å². The molecule has 0 atom stereocenters. The summed E-state index contributed by atoms with van der Waals surface area (Å²) < 4.78 is 23.7. The van der Waals surface area contributed by atoms with Gasteiger partial charge in [0.25, 0.3) is 6.43 Å². The number of hydrogen-bond acceptors (Lipinski definition) is 1. The molecule has 1 N–H and O–H groups in total. The van der Waals surface area contributed by atoms with Crippen LogP contribution in [0, 0.1) is 6.92 Å². The molecule has 0 saturated carbocycles. The fourth-order valence-electron chi connectivity index (χ4n) is 1.16. The third kappa shape index (κ3) is 3.24. The van der Waals surface area contributed by atoms with Gasteiger partial charge in [0.1, 0.15) is 0 Å². The summed E-state index contributed by atoms with van der Waals surface area (Å²) in [4.78, 5) is 0. The lowest BCUT2D eigenvalue weighted by molar-refractivity contribution is 0.145. The number of benzene rings is 1. The number of alkyl halides is 2. The minimum atomic E-state index is -2.31.